The van der Waals surface area contributed by atoms with Gasteiger partial charge in [0.1, 0.15) is 5.75 Å². The molecule has 3 nitrogen and oxygen atoms in total. The zero-order valence-electron chi connectivity index (χ0n) is 10.7. The maximum absolute atomic E-state index is 12.4. The third-order valence-corrected chi connectivity index (χ3v) is 4.16. The number of hydrogen-bond donors (Lipinski definition) is 2. The number of benzene rings is 1. The maximum atomic E-state index is 12.4. The SMILES string of the molecule is Cc1cc(O)c(C(=O)C2CCCNC2)c(C)c1Cl. The van der Waals surface area contributed by atoms with E-state index in [1.165, 1.54) is 0 Å². The number of hydrogen-bond acceptors (Lipinski definition) is 3. The summed E-state index contributed by atoms with van der Waals surface area (Å²) in [5, 5.41) is 13.8. The van der Waals surface area contributed by atoms with Gasteiger partial charge in [0.05, 0.1) is 5.56 Å². The minimum absolute atomic E-state index is 0.000833. The van der Waals surface area contributed by atoms with Gasteiger partial charge in [0, 0.05) is 17.5 Å². The topological polar surface area (TPSA) is 49.3 Å². The van der Waals surface area contributed by atoms with Crippen molar-refractivity contribution in [2.24, 2.45) is 5.92 Å². The Morgan fingerprint density at radius 1 is 1.50 bits per heavy atom. The van der Waals surface area contributed by atoms with Crippen LogP contribution in [0.15, 0.2) is 6.07 Å². The number of phenols is 1. The molecule has 1 aliphatic heterocycles. The molecule has 1 aromatic rings. The molecule has 1 atom stereocenters. The first kappa shape index (κ1) is 13.4. The molecule has 0 aliphatic carbocycles. The van der Waals surface area contributed by atoms with Crippen LogP contribution in [0.25, 0.3) is 0 Å². The molecule has 0 aromatic heterocycles. The standard InChI is InChI=1S/C14H18ClNO2/c1-8-6-11(17)12(9(2)13(8)15)14(18)10-4-3-5-16-7-10/h6,10,16-17H,3-5,7H2,1-2H3. The van der Waals surface area contributed by atoms with Gasteiger partial charge in [-0.2, -0.15) is 0 Å². The number of aryl methyl sites for hydroxylation is 1. The van der Waals surface area contributed by atoms with Crippen LogP contribution in [-0.2, 0) is 0 Å². The van der Waals surface area contributed by atoms with Gasteiger partial charge in [-0.1, -0.05) is 11.6 Å². The predicted molar refractivity (Wildman–Crippen MR) is 72.5 cm³/mol. The van der Waals surface area contributed by atoms with Crippen LogP contribution in [0, 0.1) is 19.8 Å². The number of phenolic OH excluding ortho intramolecular Hbond substituents is 1. The Kier molecular flexibility index (Phi) is 3.93. The quantitative estimate of drug-likeness (QED) is 0.810. The van der Waals surface area contributed by atoms with Crippen LogP contribution in [0.1, 0.15) is 34.3 Å². The highest BCUT2D eigenvalue weighted by molar-refractivity contribution is 6.32. The molecule has 4 heteroatoms. The fourth-order valence-electron chi connectivity index (χ4n) is 2.53. The molecule has 98 valence electrons. The van der Waals surface area contributed by atoms with E-state index >= 15 is 0 Å². The lowest BCUT2D eigenvalue weighted by Crippen LogP contribution is -2.34. The third-order valence-electron chi connectivity index (χ3n) is 3.57. The Bertz CT molecular complexity index is 479. The largest absolute Gasteiger partial charge is 0.507 e. The van der Waals surface area contributed by atoms with E-state index in [-0.39, 0.29) is 17.5 Å². The fourth-order valence-corrected chi connectivity index (χ4v) is 2.68. The summed E-state index contributed by atoms with van der Waals surface area (Å²) in [6, 6.07) is 1.57. The molecule has 1 fully saturated rings. The Morgan fingerprint density at radius 2 is 2.22 bits per heavy atom. The van der Waals surface area contributed by atoms with Crippen molar-refractivity contribution in [1.29, 1.82) is 0 Å². The van der Waals surface area contributed by atoms with Gasteiger partial charge in [-0.25, -0.2) is 0 Å². The highest BCUT2D eigenvalue weighted by atomic mass is 35.5. The van der Waals surface area contributed by atoms with E-state index in [1.54, 1.807) is 13.0 Å². The Balaban J connectivity index is 2.38. The van der Waals surface area contributed by atoms with E-state index < -0.39 is 0 Å². The molecule has 1 aliphatic rings. The molecule has 0 spiro atoms. The molecule has 1 heterocycles. The molecular weight excluding hydrogens is 250 g/mol. The van der Waals surface area contributed by atoms with Crippen molar-refractivity contribution in [3.8, 4) is 5.75 Å². The molecule has 0 bridgehead atoms. The maximum Gasteiger partial charge on any atom is 0.171 e. The second-order valence-electron chi connectivity index (χ2n) is 4.93. The number of piperidine rings is 1. The van der Waals surface area contributed by atoms with Crippen LogP contribution in [-0.4, -0.2) is 24.0 Å². The first-order valence-electron chi connectivity index (χ1n) is 6.26. The number of Topliss-reactive ketones (excluding diaryl/α,β-unsaturated/α-hetero) is 1. The lowest BCUT2D eigenvalue weighted by atomic mass is 9.88. The zero-order chi connectivity index (χ0) is 13.3. The first-order valence-corrected chi connectivity index (χ1v) is 6.63. The van der Waals surface area contributed by atoms with E-state index in [0.717, 1.165) is 24.9 Å². The van der Waals surface area contributed by atoms with Crippen LogP contribution < -0.4 is 5.32 Å². The Morgan fingerprint density at radius 3 is 2.83 bits per heavy atom. The van der Waals surface area contributed by atoms with Gasteiger partial charge in [0.15, 0.2) is 5.78 Å². The number of rotatable bonds is 2. The van der Waals surface area contributed by atoms with Crippen LogP contribution in [0.3, 0.4) is 0 Å². The van der Waals surface area contributed by atoms with E-state index in [2.05, 4.69) is 5.32 Å². The van der Waals surface area contributed by atoms with Crippen molar-refractivity contribution in [2.75, 3.05) is 13.1 Å². The third kappa shape index (κ3) is 2.38. The van der Waals surface area contributed by atoms with E-state index in [9.17, 15) is 9.90 Å². The van der Waals surface area contributed by atoms with Crippen LogP contribution >= 0.6 is 11.6 Å². The summed E-state index contributed by atoms with van der Waals surface area (Å²) >= 11 is 6.16. The lowest BCUT2D eigenvalue weighted by molar-refractivity contribution is 0.0896. The summed E-state index contributed by atoms with van der Waals surface area (Å²) < 4.78 is 0. The number of nitrogens with one attached hydrogen (secondary N) is 1. The van der Waals surface area contributed by atoms with E-state index in [4.69, 9.17) is 11.6 Å². The second kappa shape index (κ2) is 5.29. The molecule has 2 rings (SSSR count). The molecule has 1 aromatic carbocycles. The number of carbonyl (C=O) groups is 1. The predicted octanol–water partition coefficient (Wildman–Crippen LogP) is 2.84. The van der Waals surface area contributed by atoms with Gasteiger partial charge in [-0.3, -0.25) is 4.79 Å². The summed E-state index contributed by atoms with van der Waals surface area (Å²) in [7, 11) is 0. The van der Waals surface area contributed by atoms with Crippen molar-refractivity contribution in [2.45, 2.75) is 26.7 Å². The van der Waals surface area contributed by atoms with Crippen molar-refractivity contribution in [3.05, 3.63) is 27.8 Å². The van der Waals surface area contributed by atoms with Gasteiger partial charge in [-0.05, 0) is 50.4 Å². The molecule has 1 unspecified atom stereocenters. The summed E-state index contributed by atoms with van der Waals surface area (Å²) in [5.41, 5.74) is 1.87. The van der Waals surface area contributed by atoms with Crippen molar-refractivity contribution < 1.29 is 9.90 Å². The summed E-state index contributed by atoms with van der Waals surface area (Å²) in [4.78, 5) is 12.4. The summed E-state index contributed by atoms with van der Waals surface area (Å²) in [6.07, 6.45) is 1.87. The Hall–Kier alpha value is -1.06. The fraction of sp³-hybridized carbons (Fsp3) is 0.500. The number of carbonyl (C=O) groups excluding carboxylic acids is 1. The molecule has 0 saturated carbocycles. The Labute approximate surface area is 112 Å². The molecule has 18 heavy (non-hydrogen) atoms. The van der Waals surface area contributed by atoms with Gasteiger partial charge in [0.25, 0.3) is 0 Å². The number of halogens is 1. The van der Waals surface area contributed by atoms with E-state index in [1.807, 2.05) is 6.92 Å². The molecule has 2 N–H and O–H groups in total. The smallest absolute Gasteiger partial charge is 0.171 e. The normalized spacial score (nSPS) is 19.8. The van der Waals surface area contributed by atoms with Crippen LogP contribution in [0.2, 0.25) is 5.02 Å². The zero-order valence-corrected chi connectivity index (χ0v) is 11.5. The highest BCUT2D eigenvalue weighted by Crippen LogP contribution is 2.33. The molecule has 0 radical (unpaired) electrons. The highest BCUT2D eigenvalue weighted by Gasteiger charge is 2.26. The summed E-state index contributed by atoms with van der Waals surface area (Å²) in [5.74, 6) is -0.00815. The minimum Gasteiger partial charge on any atom is -0.507 e. The van der Waals surface area contributed by atoms with Crippen molar-refractivity contribution >= 4 is 17.4 Å². The van der Waals surface area contributed by atoms with Crippen LogP contribution in [0.4, 0.5) is 0 Å². The van der Waals surface area contributed by atoms with Gasteiger partial charge in [-0.15, -0.1) is 0 Å². The first-order chi connectivity index (χ1) is 8.52. The van der Waals surface area contributed by atoms with Gasteiger partial charge >= 0.3 is 0 Å². The molecule has 1 saturated heterocycles. The second-order valence-corrected chi connectivity index (χ2v) is 5.31. The van der Waals surface area contributed by atoms with E-state index in [0.29, 0.717) is 22.7 Å². The number of ketones is 1. The van der Waals surface area contributed by atoms with Gasteiger partial charge in [0.2, 0.25) is 0 Å². The number of aromatic hydroxyl groups is 1. The average molecular weight is 268 g/mol. The minimum atomic E-state index is -0.0536. The monoisotopic (exact) mass is 267 g/mol. The van der Waals surface area contributed by atoms with Crippen LogP contribution in [0.5, 0.6) is 5.75 Å². The molecule has 0 amide bonds. The average Bonchev–Trinajstić information content (AvgIpc) is 2.37. The van der Waals surface area contributed by atoms with Crippen molar-refractivity contribution in [1.82, 2.24) is 5.32 Å². The summed E-state index contributed by atoms with van der Waals surface area (Å²) in [6.45, 7) is 5.26. The van der Waals surface area contributed by atoms with Gasteiger partial charge < -0.3 is 10.4 Å². The molecular formula is C14H18ClNO2. The van der Waals surface area contributed by atoms with Crippen molar-refractivity contribution in [3.63, 3.8) is 0 Å². The lowest BCUT2D eigenvalue weighted by Gasteiger charge is -2.23.